The molecule has 3 rings (SSSR count). The van der Waals surface area contributed by atoms with Gasteiger partial charge < -0.3 is 0 Å². The summed E-state index contributed by atoms with van der Waals surface area (Å²) in [6.45, 7) is 0.334. The van der Waals surface area contributed by atoms with Crippen molar-refractivity contribution in [2.24, 2.45) is 0 Å². The van der Waals surface area contributed by atoms with E-state index >= 15 is 0 Å². The predicted molar refractivity (Wildman–Crippen MR) is 87.1 cm³/mol. The smallest absolute Gasteiger partial charge is 0.267 e. The molecular weight excluding hydrogens is 347 g/mol. The summed E-state index contributed by atoms with van der Waals surface area (Å²) in [5.74, 6) is -0.359. The normalized spacial score (nSPS) is 10.6. The molecular formula is C17H12BrFN2O. The average molecular weight is 359 g/mol. The minimum atomic E-state index is -0.359. The summed E-state index contributed by atoms with van der Waals surface area (Å²) < 4.78 is 16.1. The van der Waals surface area contributed by atoms with Crippen molar-refractivity contribution in [2.75, 3.05) is 0 Å². The van der Waals surface area contributed by atoms with E-state index in [9.17, 15) is 9.18 Å². The molecule has 0 aliphatic carbocycles. The van der Waals surface area contributed by atoms with Crippen molar-refractivity contribution in [1.82, 2.24) is 9.78 Å². The highest BCUT2D eigenvalue weighted by Crippen LogP contribution is 2.19. The largest absolute Gasteiger partial charge is 0.268 e. The molecule has 0 fully saturated rings. The first kappa shape index (κ1) is 14.7. The lowest BCUT2D eigenvalue weighted by Gasteiger charge is -2.08. The first-order valence-corrected chi connectivity index (χ1v) is 7.50. The van der Waals surface area contributed by atoms with Crippen molar-refractivity contribution in [3.8, 4) is 11.3 Å². The van der Waals surface area contributed by atoms with Crippen LogP contribution in [0.4, 0.5) is 4.39 Å². The second-order valence-electron chi connectivity index (χ2n) is 4.82. The van der Waals surface area contributed by atoms with E-state index < -0.39 is 0 Å². The molecule has 3 aromatic rings. The van der Waals surface area contributed by atoms with Gasteiger partial charge in [-0.25, -0.2) is 9.07 Å². The van der Waals surface area contributed by atoms with Crippen LogP contribution in [0, 0.1) is 5.82 Å². The van der Waals surface area contributed by atoms with Crippen molar-refractivity contribution in [3.63, 3.8) is 0 Å². The lowest BCUT2D eigenvalue weighted by molar-refractivity contribution is 0.620. The molecule has 0 atom stereocenters. The molecule has 0 saturated heterocycles. The van der Waals surface area contributed by atoms with E-state index in [1.807, 2.05) is 24.3 Å². The first-order chi connectivity index (χ1) is 10.6. The van der Waals surface area contributed by atoms with Gasteiger partial charge in [-0.05, 0) is 35.9 Å². The molecule has 110 valence electrons. The minimum Gasteiger partial charge on any atom is -0.268 e. The topological polar surface area (TPSA) is 34.9 Å². The molecule has 0 N–H and O–H groups in total. The summed E-state index contributed by atoms with van der Waals surface area (Å²) in [7, 11) is 0. The fourth-order valence-electron chi connectivity index (χ4n) is 2.18. The van der Waals surface area contributed by atoms with Crippen LogP contribution in [0.1, 0.15) is 5.56 Å². The summed E-state index contributed by atoms with van der Waals surface area (Å²) in [5.41, 5.74) is 1.54. The van der Waals surface area contributed by atoms with E-state index in [-0.39, 0.29) is 11.4 Å². The molecule has 3 nitrogen and oxygen atoms in total. The van der Waals surface area contributed by atoms with Crippen LogP contribution < -0.4 is 5.56 Å². The molecule has 22 heavy (non-hydrogen) atoms. The van der Waals surface area contributed by atoms with Gasteiger partial charge in [0.05, 0.1) is 12.2 Å². The lowest BCUT2D eigenvalue weighted by Crippen LogP contribution is -2.22. The molecule has 0 unspecified atom stereocenters. The summed E-state index contributed by atoms with van der Waals surface area (Å²) in [6.07, 6.45) is 0. The Balaban J connectivity index is 2.01. The van der Waals surface area contributed by atoms with Crippen molar-refractivity contribution in [2.45, 2.75) is 6.54 Å². The van der Waals surface area contributed by atoms with Gasteiger partial charge in [-0.2, -0.15) is 5.10 Å². The second kappa shape index (κ2) is 6.23. The van der Waals surface area contributed by atoms with Gasteiger partial charge in [-0.1, -0.05) is 40.2 Å². The molecule has 0 amide bonds. The van der Waals surface area contributed by atoms with Gasteiger partial charge in [0, 0.05) is 16.1 Å². The van der Waals surface area contributed by atoms with Crippen molar-refractivity contribution >= 4 is 15.9 Å². The zero-order valence-electron chi connectivity index (χ0n) is 11.5. The van der Waals surface area contributed by atoms with Gasteiger partial charge in [0.1, 0.15) is 5.82 Å². The number of aromatic nitrogens is 2. The highest BCUT2D eigenvalue weighted by molar-refractivity contribution is 9.10. The predicted octanol–water partition coefficient (Wildman–Crippen LogP) is 3.86. The Kier molecular flexibility index (Phi) is 4.15. The minimum absolute atomic E-state index is 0.222. The van der Waals surface area contributed by atoms with Gasteiger partial charge in [-0.15, -0.1) is 0 Å². The molecule has 0 aliphatic rings. The number of hydrogen-bond donors (Lipinski definition) is 0. The maximum absolute atomic E-state index is 13.9. The zero-order chi connectivity index (χ0) is 15.5. The monoisotopic (exact) mass is 358 g/mol. The van der Waals surface area contributed by atoms with Crippen LogP contribution >= 0.6 is 15.9 Å². The molecule has 0 spiro atoms. The molecule has 1 heterocycles. The Hall–Kier alpha value is -2.27. The standard InChI is InChI=1S/C17H12BrFN2O/c18-13-5-3-4-12(10-13)11-21-17(22)9-8-16(20-21)14-6-1-2-7-15(14)19/h1-10H,11H2. The van der Waals surface area contributed by atoms with Crippen LogP contribution in [0.25, 0.3) is 11.3 Å². The Morgan fingerprint density at radius 3 is 2.64 bits per heavy atom. The third kappa shape index (κ3) is 3.14. The zero-order valence-corrected chi connectivity index (χ0v) is 13.1. The van der Waals surface area contributed by atoms with E-state index in [4.69, 9.17) is 0 Å². The van der Waals surface area contributed by atoms with Crippen LogP contribution in [-0.2, 0) is 6.54 Å². The lowest BCUT2D eigenvalue weighted by atomic mass is 10.1. The molecule has 5 heteroatoms. The van der Waals surface area contributed by atoms with E-state index in [0.29, 0.717) is 17.8 Å². The second-order valence-corrected chi connectivity index (χ2v) is 5.74. The molecule has 0 aliphatic heterocycles. The number of hydrogen-bond acceptors (Lipinski definition) is 2. The van der Waals surface area contributed by atoms with Gasteiger partial charge in [-0.3, -0.25) is 4.79 Å². The van der Waals surface area contributed by atoms with E-state index in [1.165, 1.54) is 22.9 Å². The third-order valence-electron chi connectivity index (χ3n) is 3.24. The number of benzene rings is 2. The highest BCUT2D eigenvalue weighted by atomic mass is 79.9. The molecule has 0 bridgehead atoms. The van der Waals surface area contributed by atoms with Crippen molar-refractivity contribution in [3.05, 3.63) is 86.9 Å². The number of halogens is 2. The highest BCUT2D eigenvalue weighted by Gasteiger charge is 2.08. The number of nitrogens with zero attached hydrogens (tertiary/aromatic N) is 2. The van der Waals surface area contributed by atoms with Gasteiger partial charge in [0.25, 0.3) is 5.56 Å². The van der Waals surface area contributed by atoms with E-state index in [1.54, 1.807) is 18.2 Å². The molecule has 0 saturated carbocycles. The molecule has 2 aromatic carbocycles. The Bertz CT molecular complexity index is 876. The first-order valence-electron chi connectivity index (χ1n) is 6.71. The summed E-state index contributed by atoms with van der Waals surface area (Å²) >= 11 is 3.40. The quantitative estimate of drug-likeness (QED) is 0.712. The summed E-state index contributed by atoms with van der Waals surface area (Å²) in [5, 5.41) is 4.28. The number of rotatable bonds is 3. The van der Waals surface area contributed by atoms with Gasteiger partial charge in [0.15, 0.2) is 0 Å². The summed E-state index contributed by atoms with van der Waals surface area (Å²) in [4.78, 5) is 12.0. The summed E-state index contributed by atoms with van der Waals surface area (Å²) in [6, 6.07) is 17.0. The van der Waals surface area contributed by atoms with Gasteiger partial charge in [0.2, 0.25) is 0 Å². The van der Waals surface area contributed by atoms with Crippen LogP contribution in [0.3, 0.4) is 0 Å². The SMILES string of the molecule is O=c1ccc(-c2ccccc2F)nn1Cc1cccc(Br)c1. The average Bonchev–Trinajstić information content (AvgIpc) is 2.50. The van der Waals surface area contributed by atoms with E-state index in [2.05, 4.69) is 21.0 Å². The van der Waals surface area contributed by atoms with Crippen LogP contribution in [0.5, 0.6) is 0 Å². The van der Waals surface area contributed by atoms with E-state index in [0.717, 1.165) is 10.0 Å². The fraction of sp³-hybridized carbons (Fsp3) is 0.0588. The molecule has 1 aromatic heterocycles. The Morgan fingerprint density at radius 1 is 1.05 bits per heavy atom. The molecule has 0 radical (unpaired) electrons. The van der Waals surface area contributed by atoms with Crippen LogP contribution in [-0.4, -0.2) is 9.78 Å². The Labute approximate surface area is 135 Å². The van der Waals surface area contributed by atoms with Crippen molar-refractivity contribution in [1.29, 1.82) is 0 Å². The maximum Gasteiger partial charge on any atom is 0.267 e. The van der Waals surface area contributed by atoms with Crippen LogP contribution in [0.2, 0.25) is 0 Å². The Morgan fingerprint density at radius 2 is 1.86 bits per heavy atom. The maximum atomic E-state index is 13.9. The van der Waals surface area contributed by atoms with Gasteiger partial charge >= 0.3 is 0 Å². The fourth-order valence-corrected chi connectivity index (χ4v) is 2.63. The third-order valence-corrected chi connectivity index (χ3v) is 3.73. The van der Waals surface area contributed by atoms with Crippen molar-refractivity contribution < 1.29 is 4.39 Å². The van der Waals surface area contributed by atoms with Crippen LogP contribution in [0.15, 0.2) is 69.9 Å².